The number of aryl methyl sites for hydroxylation is 1. The molecule has 4 aromatic rings. The lowest BCUT2D eigenvalue weighted by molar-refractivity contribution is 0.0947. The Balaban J connectivity index is 1.46. The predicted molar refractivity (Wildman–Crippen MR) is 114 cm³/mol. The fraction of sp³-hybridized carbons (Fsp3) is 0.130. The van der Waals surface area contributed by atoms with Crippen molar-refractivity contribution < 1.29 is 9.53 Å². The molecule has 1 N–H and O–H groups in total. The van der Waals surface area contributed by atoms with Gasteiger partial charge in [-0.25, -0.2) is 4.98 Å². The van der Waals surface area contributed by atoms with E-state index in [1.165, 1.54) is 4.70 Å². The van der Waals surface area contributed by atoms with E-state index < -0.39 is 0 Å². The van der Waals surface area contributed by atoms with E-state index in [9.17, 15) is 4.79 Å². The molecule has 0 radical (unpaired) electrons. The number of fused-ring (bicyclic) bond motifs is 1. The number of rotatable bonds is 5. The summed E-state index contributed by atoms with van der Waals surface area (Å²) in [4.78, 5) is 17.2. The minimum absolute atomic E-state index is 0.143. The first-order valence-electron chi connectivity index (χ1n) is 9.02. The number of carbonyl (C=O) groups is 1. The summed E-state index contributed by atoms with van der Waals surface area (Å²) in [5.41, 5.74) is 4.62. The van der Waals surface area contributed by atoms with E-state index in [-0.39, 0.29) is 5.91 Å². The third-order valence-corrected chi connectivity index (χ3v) is 5.69. The quantitative estimate of drug-likeness (QED) is 0.511. The summed E-state index contributed by atoms with van der Waals surface area (Å²) in [5, 5.41) is 3.97. The summed E-state index contributed by atoms with van der Waals surface area (Å²) in [5.74, 6) is 0.474. The SMILES string of the molecule is COc1c(C)cccc1C(=O)NCc1ccc(-c2nc3ccccc3s2)cc1. The van der Waals surface area contributed by atoms with Gasteiger partial charge in [0.25, 0.3) is 5.91 Å². The summed E-state index contributed by atoms with van der Waals surface area (Å²) in [7, 11) is 1.58. The molecule has 0 aliphatic carbocycles. The number of hydrogen-bond acceptors (Lipinski definition) is 4. The number of thiazole rings is 1. The smallest absolute Gasteiger partial charge is 0.255 e. The van der Waals surface area contributed by atoms with Crippen LogP contribution in [0, 0.1) is 6.92 Å². The Morgan fingerprint density at radius 3 is 2.57 bits per heavy atom. The number of hydrogen-bond donors (Lipinski definition) is 1. The van der Waals surface area contributed by atoms with Crippen molar-refractivity contribution in [2.75, 3.05) is 7.11 Å². The molecule has 5 heteroatoms. The second kappa shape index (κ2) is 7.82. The maximum atomic E-state index is 12.5. The number of carbonyl (C=O) groups excluding carboxylic acids is 1. The van der Waals surface area contributed by atoms with Crippen molar-refractivity contribution in [2.24, 2.45) is 0 Å². The predicted octanol–water partition coefficient (Wildman–Crippen LogP) is 5.21. The minimum Gasteiger partial charge on any atom is -0.496 e. The van der Waals surface area contributed by atoms with Gasteiger partial charge in [0.05, 0.1) is 22.9 Å². The highest BCUT2D eigenvalue weighted by molar-refractivity contribution is 7.21. The summed E-state index contributed by atoms with van der Waals surface area (Å²) in [6.45, 7) is 2.38. The third-order valence-electron chi connectivity index (χ3n) is 4.61. The maximum Gasteiger partial charge on any atom is 0.255 e. The molecule has 3 aromatic carbocycles. The highest BCUT2D eigenvalue weighted by Crippen LogP contribution is 2.30. The molecule has 0 aliphatic rings. The Kier molecular flexibility index (Phi) is 5.08. The maximum absolute atomic E-state index is 12.5. The highest BCUT2D eigenvalue weighted by atomic mass is 32.1. The number of nitrogens with zero attached hydrogens (tertiary/aromatic N) is 1. The fourth-order valence-corrected chi connectivity index (χ4v) is 4.11. The van der Waals surface area contributed by atoms with Crippen molar-refractivity contribution in [2.45, 2.75) is 13.5 Å². The highest BCUT2D eigenvalue weighted by Gasteiger charge is 2.13. The van der Waals surface area contributed by atoms with Crippen LogP contribution < -0.4 is 10.1 Å². The third kappa shape index (κ3) is 3.62. The molecule has 0 saturated heterocycles. The van der Waals surface area contributed by atoms with Crippen LogP contribution in [0.1, 0.15) is 21.5 Å². The van der Waals surface area contributed by atoms with Crippen molar-refractivity contribution in [3.05, 3.63) is 83.4 Å². The zero-order valence-electron chi connectivity index (χ0n) is 15.7. The summed E-state index contributed by atoms with van der Waals surface area (Å²) in [6, 6.07) is 21.8. The van der Waals surface area contributed by atoms with Gasteiger partial charge in [0, 0.05) is 12.1 Å². The second-order valence-electron chi connectivity index (χ2n) is 6.52. The number of para-hydroxylation sites is 2. The van der Waals surface area contributed by atoms with Crippen LogP contribution in [0.3, 0.4) is 0 Å². The molecule has 1 amide bonds. The second-order valence-corrected chi connectivity index (χ2v) is 7.55. The largest absolute Gasteiger partial charge is 0.496 e. The number of ether oxygens (including phenoxy) is 1. The first kappa shape index (κ1) is 18.2. The molecule has 0 atom stereocenters. The Morgan fingerprint density at radius 2 is 1.82 bits per heavy atom. The van der Waals surface area contributed by atoms with Crippen LogP contribution in [0.5, 0.6) is 5.75 Å². The molecular weight excluding hydrogens is 368 g/mol. The molecule has 1 aromatic heterocycles. The topological polar surface area (TPSA) is 51.2 Å². The lowest BCUT2D eigenvalue weighted by Gasteiger charge is -2.11. The normalized spacial score (nSPS) is 10.8. The van der Waals surface area contributed by atoms with Gasteiger partial charge < -0.3 is 10.1 Å². The van der Waals surface area contributed by atoms with Gasteiger partial charge in [0.15, 0.2) is 0 Å². The molecule has 0 aliphatic heterocycles. The standard InChI is InChI=1S/C23H20N2O2S/c1-15-6-5-7-18(21(15)27-2)22(26)24-14-16-10-12-17(13-11-16)23-25-19-8-3-4-9-20(19)28-23/h3-13H,14H2,1-2H3,(H,24,26). The van der Waals surface area contributed by atoms with Crippen LogP contribution >= 0.6 is 11.3 Å². The van der Waals surface area contributed by atoms with Gasteiger partial charge in [-0.2, -0.15) is 0 Å². The summed E-state index contributed by atoms with van der Waals surface area (Å²) < 4.78 is 6.55. The first-order valence-corrected chi connectivity index (χ1v) is 9.84. The van der Waals surface area contributed by atoms with E-state index in [0.717, 1.165) is 27.2 Å². The van der Waals surface area contributed by atoms with E-state index >= 15 is 0 Å². The van der Waals surface area contributed by atoms with Crippen LogP contribution in [-0.2, 0) is 6.54 Å². The Hall–Kier alpha value is -3.18. The van der Waals surface area contributed by atoms with Crippen LogP contribution in [0.25, 0.3) is 20.8 Å². The number of benzene rings is 3. The zero-order chi connectivity index (χ0) is 19.5. The van der Waals surface area contributed by atoms with Gasteiger partial charge in [-0.1, -0.05) is 48.5 Å². The number of amides is 1. The molecular formula is C23H20N2O2S. The zero-order valence-corrected chi connectivity index (χ0v) is 16.5. The summed E-state index contributed by atoms with van der Waals surface area (Å²) in [6.07, 6.45) is 0. The Labute approximate surface area is 167 Å². The van der Waals surface area contributed by atoms with Gasteiger partial charge in [0.1, 0.15) is 10.8 Å². The van der Waals surface area contributed by atoms with E-state index in [1.54, 1.807) is 24.5 Å². The molecule has 4 nitrogen and oxygen atoms in total. The van der Waals surface area contributed by atoms with Crippen LogP contribution in [0.4, 0.5) is 0 Å². The van der Waals surface area contributed by atoms with Crippen molar-refractivity contribution >= 4 is 27.5 Å². The average molecular weight is 388 g/mol. The number of aromatic nitrogens is 1. The molecule has 28 heavy (non-hydrogen) atoms. The fourth-order valence-electron chi connectivity index (χ4n) is 3.14. The van der Waals surface area contributed by atoms with E-state index in [1.807, 2.05) is 61.5 Å². The average Bonchev–Trinajstić information content (AvgIpc) is 3.16. The first-order chi connectivity index (χ1) is 13.7. The molecule has 0 spiro atoms. The van der Waals surface area contributed by atoms with Crippen LogP contribution in [0.15, 0.2) is 66.7 Å². The Morgan fingerprint density at radius 1 is 1.04 bits per heavy atom. The number of nitrogens with one attached hydrogen (secondary N) is 1. The van der Waals surface area contributed by atoms with Gasteiger partial charge in [-0.3, -0.25) is 4.79 Å². The van der Waals surface area contributed by atoms with E-state index in [2.05, 4.69) is 16.4 Å². The monoisotopic (exact) mass is 388 g/mol. The molecule has 0 bridgehead atoms. The van der Waals surface area contributed by atoms with Crippen LogP contribution in [0.2, 0.25) is 0 Å². The van der Waals surface area contributed by atoms with Gasteiger partial charge in [0.2, 0.25) is 0 Å². The van der Waals surface area contributed by atoms with Crippen LogP contribution in [-0.4, -0.2) is 18.0 Å². The minimum atomic E-state index is -0.143. The van der Waals surface area contributed by atoms with Crippen molar-refractivity contribution in [1.82, 2.24) is 10.3 Å². The molecule has 0 saturated carbocycles. The van der Waals surface area contributed by atoms with E-state index in [4.69, 9.17) is 4.74 Å². The van der Waals surface area contributed by atoms with Crippen molar-refractivity contribution in [3.63, 3.8) is 0 Å². The van der Waals surface area contributed by atoms with Gasteiger partial charge in [-0.05, 0) is 36.2 Å². The van der Waals surface area contributed by atoms with Gasteiger partial charge in [-0.15, -0.1) is 11.3 Å². The van der Waals surface area contributed by atoms with Gasteiger partial charge >= 0.3 is 0 Å². The molecule has 0 fully saturated rings. The van der Waals surface area contributed by atoms with Crippen molar-refractivity contribution in [3.8, 4) is 16.3 Å². The lowest BCUT2D eigenvalue weighted by atomic mass is 10.1. The summed E-state index contributed by atoms with van der Waals surface area (Å²) >= 11 is 1.68. The lowest BCUT2D eigenvalue weighted by Crippen LogP contribution is -2.23. The molecule has 1 heterocycles. The number of methoxy groups -OCH3 is 1. The van der Waals surface area contributed by atoms with E-state index in [0.29, 0.717) is 17.9 Å². The Bertz CT molecular complexity index is 1100. The molecule has 140 valence electrons. The molecule has 0 unspecified atom stereocenters. The van der Waals surface area contributed by atoms with Crippen molar-refractivity contribution in [1.29, 1.82) is 0 Å². The molecule has 4 rings (SSSR count).